The third-order valence-corrected chi connectivity index (χ3v) is 7.23. The number of fused-ring (bicyclic) bond motifs is 1. The van der Waals surface area contributed by atoms with Crippen LogP contribution in [-0.4, -0.2) is 38.9 Å². The Bertz CT molecular complexity index is 1490. The third-order valence-electron chi connectivity index (χ3n) is 6.31. The molecule has 0 atom stereocenters. The van der Waals surface area contributed by atoms with Crippen molar-refractivity contribution in [1.29, 1.82) is 0 Å². The van der Waals surface area contributed by atoms with Crippen molar-refractivity contribution in [2.75, 3.05) is 17.2 Å². The second-order valence-corrected chi connectivity index (χ2v) is 9.87. The van der Waals surface area contributed by atoms with Crippen LogP contribution in [0.25, 0.3) is 5.69 Å². The Hall–Kier alpha value is -3.98. The van der Waals surface area contributed by atoms with Crippen LogP contribution in [-0.2, 0) is 17.8 Å². The smallest absolute Gasteiger partial charge is 0.251 e. The van der Waals surface area contributed by atoms with E-state index in [1.807, 2.05) is 59.7 Å². The number of rotatable bonds is 7. The molecule has 0 bridgehead atoms. The lowest BCUT2D eigenvalue weighted by Gasteiger charge is -2.17. The summed E-state index contributed by atoms with van der Waals surface area (Å²) in [6.07, 6.45) is 0.848. The molecular formula is C28H26FN5O2S. The number of hydrogen-bond donors (Lipinski definition) is 1. The molecule has 0 unspecified atom stereocenters. The Morgan fingerprint density at radius 1 is 1.00 bits per heavy atom. The van der Waals surface area contributed by atoms with Gasteiger partial charge in [0.05, 0.1) is 18.0 Å². The molecule has 0 saturated heterocycles. The highest BCUT2D eigenvalue weighted by Crippen LogP contribution is 2.30. The van der Waals surface area contributed by atoms with Crippen molar-refractivity contribution in [2.24, 2.45) is 0 Å². The summed E-state index contributed by atoms with van der Waals surface area (Å²) in [6, 6.07) is 19.6. The van der Waals surface area contributed by atoms with Crippen molar-refractivity contribution in [2.45, 2.75) is 32.0 Å². The molecule has 9 heteroatoms. The standard InChI is InChI=1S/C28H26FN5O2S/c1-18-10-11-19(2)24(14-18)34-25(16-30-27(36)21-7-5-8-22(29)15-21)31-32-28(34)37-17-26(35)33-13-12-20-6-3-4-9-23(20)33/h3-11,14-15H,12-13,16-17H2,1-2H3,(H,30,36). The number of hydrogen-bond acceptors (Lipinski definition) is 5. The SMILES string of the molecule is Cc1ccc(C)c(-n2c(CNC(=O)c3cccc(F)c3)nnc2SCC(=O)N2CCc3ccccc32)c1. The van der Waals surface area contributed by atoms with Crippen LogP contribution < -0.4 is 10.2 Å². The lowest BCUT2D eigenvalue weighted by molar-refractivity contribution is -0.116. The van der Waals surface area contributed by atoms with E-state index < -0.39 is 11.7 Å². The summed E-state index contributed by atoms with van der Waals surface area (Å²) in [5.74, 6) is -0.166. The largest absolute Gasteiger partial charge is 0.345 e. The van der Waals surface area contributed by atoms with Crippen LogP contribution >= 0.6 is 11.8 Å². The summed E-state index contributed by atoms with van der Waals surface area (Å²) in [4.78, 5) is 27.6. The molecule has 5 rings (SSSR count). The Morgan fingerprint density at radius 2 is 1.84 bits per heavy atom. The molecule has 1 N–H and O–H groups in total. The fraction of sp³-hybridized carbons (Fsp3) is 0.214. The zero-order chi connectivity index (χ0) is 25.9. The van der Waals surface area contributed by atoms with E-state index in [1.165, 1.54) is 35.5 Å². The first kappa shape index (κ1) is 24.7. The second kappa shape index (κ2) is 10.6. The Morgan fingerprint density at radius 3 is 2.68 bits per heavy atom. The molecule has 1 aliphatic heterocycles. The summed E-state index contributed by atoms with van der Waals surface area (Å²) >= 11 is 1.32. The van der Waals surface area contributed by atoms with Gasteiger partial charge in [-0.05, 0) is 67.3 Å². The van der Waals surface area contributed by atoms with E-state index in [4.69, 9.17) is 0 Å². The number of aryl methyl sites for hydroxylation is 2. The highest BCUT2D eigenvalue weighted by molar-refractivity contribution is 7.99. The molecule has 188 valence electrons. The summed E-state index contributed by atoms with van der Waals surface area (Å²) in [7, 11) is 0. The average Bonchev–Trinajstić information content (AvgIpc) is 3.51. The van der Waals surface area contributed by atoms with Gasteiger partial charge in [0, 0.05) is 17.8 Å². The predicted molar refractivity (Wildman–Crippen MR) is 142 cm³/mol. The molecule has 0 spiro atoms. The van der Waals surface area contributed by atoms with Gasteiger partial charge in [-0.25, -0.2) is 4.39 Å². The number of amides is 2. The summed E-state index contributed by atoms with van der Waals surface area (Å²) in [5.41, 5.74) is 5.31. The van der Waals surface area contributed by atoms with Gasteiger partial charge in [-0.1, -0.05) is 48.2 Å². The molecule has 37 heavy (non-hydrogen) atoms. The molecule has 0 fully saturated rings. The van der Waals surface area contributed by atoms with Gasteiger partial charge in [-0.2, -0.15) is 0 Å². The van der Waals surface area contributed by atoms with Gasteiger partial charge < -0.3 is 10.2 Å². The molecule has 0 aliphatic carbocycles. The van der Waals surface area contributed by atoms with Crippen molar-refractivity contribution in [3.05, 3.63) is 101 Å². The zero-order valence-corrected chi connectivity index (χ0v) is 21.4. The zero-order valence-electron chi connectivity index (χ0n) is 20.6. The van der Waals surface area contributed by atoms with Crippen LogP contribution in [0.2, 0.25) is 0 Å². The van der Waals surface area contributed by atoms with Crippen molar-refractivity contribution >= 4 is 29.3 Å². The average molecular weight is 516 g/mol. The predicted octanol–water partition coefficient (Wildman–Crippen LogP) is 4.63. The summed E-state index contributed by atoms with van der Waals surface area (Å²) < 4.78 is 15.4. The third kappa shape index (κ3) is 5.27. The lowest BCUT2D eigenvalue weighted by Crippen LogP contribution is -2.30. The normalized spacial score (nSPS) is 12.5. The van der Waals surface area contributed by atoms with Crippen LogP contribution in [0, 0.1) is 19.7 Å². The topological polar surface area (TPSA) is 80.1 Å². The van der Waals surface area contributed by atoms with Gasteiger partial charge in [-0.15, -0.1) is 10.2 Å². The van der Waals surface area contributed by atoms with Gasteiger partial charge in [0.1, 0.15) is 5.82 Å². The number of anilines is 1. The molecule has 2 heterocycles. The second-order valence-electron chi connectivity index (χ2n) is 8.93. The van der Waals surface area contributed by atoms with Crippen molar-refractivity contribution < 1.29 is 14.0 Å². The first-order valence-electron chi connectivity index (χ1n) is 12.0. The number of para-hydroxylation sites is 1. The number of nitrogens with zero attached hydrogens (tertiary/aromatic N) is 4. The molecule has 1 aliphatic rings. The number of halogens is 1. The van der Waals surface area contributed by atoms with E-state index in [2.05, 4.69) is 21.6 Å². The maximum atomic E-state index is 13.6. The molecule has 3 aromatic carbocycles. The maximum absolute atomic E-state index is 13.6. The Labute approximate surface area is 218 Å². The van der Waals surface area contributed by atoms with Gasteiger partial charge in [0.15, 0.2) is 11.0 Å². The number of carbonyl (C=O) groups is 2. The van der Waals surface area contributed by atoms with Crippen LogP contribution in [0.3, 0.4) is 0 Å². The quantitative estimate of drug-likeness (QED) is 0.363. The fourth-order valence-electron chi connectivity index (χ4n) is 4.40. The highest BCUT2D eigenvalue weighted by atomic mass is 32.2. The molecule has 0 radical (unpaired) electrons. The highest BCUT2D eigenvalue weighted by Gasteiger charge is 2.25. The van der Waals surface area contributed by atoms with Crippen LogP contribution in [0.15, 0.2) is 71.9 Å². The number of thioether (sulfide) groups is 1. The number of nitrogens with one attached hydrogen (secondary N) is 1. The summed E-state index contributed by atoms with van der Waals surface area (Å²) in [6.45, 7) is 4.74. The molecule has 7 nitrogen and oxygen atoms in total. The number of benzene rings is 3. The van der Waals surface area contributed by atoms with E-state index in [0.29, 0.717) is 17.5 Å². The van der Waals surface area contributed by atoms with Crippen molar-refractivity contribution in [3.63, 3.8) is 0 Å². The molecule has 2 amide bonds. The lowest BCUT2D eigenvalue weighted by atomic mass is 10.1. The van der Waals surface area contributed by atoms with Gasteiger partial charge >= 0.3 is 0 Å². The monoisotopic (exact) mass is 515 g/mol. The van der Waals surface area contributed by atoms with Crippen LogP contribution in [0.4, 0.5) is 10.1 Å². The van der Waals surface area contributed by atoms with Crippen LogP contribution in [0.1, 0.15) is 32.9 Å². The molecule has 4 aromatic rings. The minimum Gasteiger partial charge on any atom is -0.345 e. The fourth-order valence-corrected chi connectivity index (χ4v) is 5.24. The maximum Gasteiger partial charge on any atom is 0.251 e. The minimum absolute atomic E-state index is 0.00595. The Balaban J connectivity index is 1.38. The summed E-state index contributed by atoms with van der Waals surface area (Å²) in [5, 5.41) is 12.1. The van der Waals surface area contributed by atoms with E-state index in [-0.39, 0.29) is 23.8 Å². The minimum atomic E-state index is -0.477. The first-order chi connectivity index (χ1) is 17.9. The Kier molecular flexibility index (Phi) is 7.05. The molecular weight excluding hydrogens is 489 g/mol. The van der Waals surface area contributed by atoms with Gasteiger partial charge in [0.25, 0.3) is 5.91 Å². The molecule has 1 aromatic heterocycles. The van der Waals surface area contributed by atoms with E-state index in [1.54, 1.807) is 6.07 Å². The number of aromatic nitrogens is 3. The number of carbonyl (C=O) groups excluding carboxylic acids is 2. The van der Waals surface area contributed by atoms with Crippen molar-refractivity contribution in [3.8, 4) is 5.69 Å². The van der Waals surface area contributed by atoms with Gasteiger partial charge in [0.2, 0.25) is 5.91 Å². The van der Waals surface area contributed by atoms with Crippen molar-refractivity contribution in [1.82, 2.24) is 20.1 Å². The van der Waals surface area contributed by atoms with E-state index in [0.717, 1.165) is 28.9 Å². The molecule has 0 saturated carbocycles. The van der Waals surface area contributed by atoms with E-state index in [9.17, 15) is 14.0 Å². The van der Waals surface area contributed by atoms with Crippen LogP contribution in [0.5, 0.6) is 0 Å². The first-order valence-corrected chi connectivity index (χ1v) is 13.0. The van der Waals surface area contributed by atoms with Gasteiger partial charge in [-0.3, -0.25) is 14.2 Å². The van der Waals surface area contributed by atoms with E-state index >= 15 is 0 Å².